The zero-order valence-electron chi connectivity index (χ0n) is 15.5. The van der Waals surface area contributed by atoms with Crippen molar-refractivity contribution >= 4 is 38.1 Å². The molecule has 0 aliphatic carbocycles. The molecule has 0 bridgehead atoms. The molecule has 0 saturated carbocycles. The first-order valence-corrected chi connectivity index (χ1v) is 10.3. The highest BCUT2D eigenvalue weighted by molar-refractivity contribution is 7.93. The van der Waals surface area contributed by atoms with Crippen molar-refractivity contribution in [2.75, 3.05) is 10.8 Å². The molecular formula is C21H19N3O3S. The van der Waals surface area contributed by atoms with E-state index in [1.54, 1.807) is 31.2 Å². The Morgan fingerprint density at radius 3 is 2.50 bits per heavy atom. The molecule has 4 rings (SSSR count). The molecule has 0 saturated heterocycles. The van der Waals surface area contributed by atoms with Gasteiger partial charge in [0.1, 0.15) is 6.54 Å². The third-order valence-electron chi connectivity index (χ3n) is 4.85. The lowest BCUT2D eigenvalue weighted by molar-refractivity contribution is -0.119. The molecule has 3 aromatic rings. The van der Waals surface area contributed by atoms with Gasteiger partial charge in [0.05, 0.1) is 16.3 Å². The van der Waals surface area contributed by atoms with Gasteiger partial charge >= 0.3 is 0 Å². The van der Waals surface area contributed by atoms with Crippen LogP contribution in [-0.4, -0.2) is 26.6 Å². The lowest BCUT2D eigenvalue weighted by Crippen LogP contribution is -2.37. The summed E-state index contributed by atoms with van der Waals surface area (Å²) in [7, 11) is -3.77. The number of sulfonamides is 1. The molecule has 3 aromatic carbocycles. The molecule has 0 spiro atoms. The second-order valence-corrected chi connectivity index (χ2v) is 8.52. The Labute approximate surface area is 163 Å². The van der Waals surface area contributed by atoms with Crippen molar-refractivity contribution in [1.82, 2.24) is 5.43 Å². The van der Waals surface area contributed by atoms with E-state index in [1.165, 1.54) is 0 Å². The third kappa shape index (κ3) is 2.93. The van der Waals surface area contributed by atoms with Crippen LogP contribution in [0.5, 0.6) is 0 Å². The molecule has 0 atom stereocenters. The van der Waals surface area contributed by atoms with Crippen molar-refractivity contribution in [1.29, 1.82) is 0 Å². The molecule has 0 radical (unpaired) electrons. The molecule has 0 aromatic heterocycles. The van der Waals surface area contributed by atoms with Crippen molar-refractivity contribution in [2.45, 2.75) is 18.7 Å². The fourth-order valence-electron chi connectivity index (χ4n) is 3.48. The van der Waals surface area contributed by atoms with E-state index in [9.17, 15) is 13.2 Å². The highest BCUT2D eigenvalue weighted by Gasteiger charge is 2.36. The summed E-state index contributed by atoms with van der Waals surface area (Å²) in [6.45, 7) is 3.43. The topological polar surface area (TPSA) is 78.8 Å². The first-order chi connectivity index (χ1) is 13.4. The minimum Gasteiger partial charge on any atom is -0.271 e. The van der Waals surface area contributed by atoms with Crippen LogP contribution >= 0.6 is 0 Å². The number of hydrazone groups is 1. The number of amides is 1. The summed E-state index contributed by atoms with van der Waals surface area (Å²) in [6, 6.07) is 18.2. The van der Waals surface area contributed by atoms with Crippen LogP contribution in [0, 0.1) is 6.92 Å². The summed E-state index contributed by atoms with van der Waals surface area (Å²) in [5.41, 5.74) is 5.61. The number of carbonyl (C=O) groups is 1. The quantitative estimate of drug-likeness (QED) is 0.546. The minimum absolute atomic E-state index is 0.230. The molecule has 0 unspecified atom stereocenters. The molecule has 28 heavy (non-hydrogen) atoms. The second kappa shape index (κ2) is 6.76. The number of hydrogen-bond donors (Lipinski definition) is 1. The van der Waals surface area contributed by atoms with Gasteiger partial charge in [-0.2, -0.15) is 5.10 Å². The van der Waals surface area contributed by atoms with Gasteiger partial charge in [-0.15, -0.1) is 0 Å². The van der Waals surface area contributed by atoms with Gasteiger partial charge in [-0.3, -0.25) is 9.10 Å². The Hall–Kier alpha value is -3.19. The van der Waals surface area contributed by atoms with Crippen LogP contribution in [-0.2, 0) is 14.8 Å². The number of hydrogen-bond acceptors (Lipinski definition) is 4. The van der Waals surface area contributed by atoms with E-state index in [4.69, 9.17) is 0 Å². The standard InChI is InChI=1S/C21H19N3O3S/c1-14-7-3-4-10-17(14)15(2)22-23-20(25)13-24-18-11-5-8-16-9-6-12-19(21(16)18)28(24,26)27/h3-12H,13H2,1-2H3,(H,23,25)/b22-15-. The normalized spacial score (nSPS) is 15.1. The summed E-state index contributed by atoms with van der Waals surface area (Å²) in [6.07, 6.45) is 0. The predicted octanol–water partition coefficient (Wildman–Crippen LogP) is 3.20. The molecule has 1 amide bonds. The molecule has 1 aliphatic heterocycles. The summed E-state index contributed by atoms with van der Waals surface area (Å²) in [5, 5.41) is 5.62. The molecule has 7 heteroatoms. The Kier molecular flexibility index (Phi) is 4.39. The van der Waals surface area contributed by atoms with Gasteiger partial charge in [-0.25, -0.2) is 13.8 Å². The Bertz CT molecular complexity index is 1230. The maximum absolute atomic E-state index is 12.9. The van der Waals surface area contributed by atoms with Crippen LogP contribution in [0.1, 0.15) is 18.1 Å². The zero-order chi connectivity index (χ0) is 19.9. The van der Waals surface area contributed by atoms with Crippen molar-refractivity contribution in [3.05, 3.63) is 71.8 Å². The van der Waals surface area contributed by atoms with Crippen LogP contribution in [0.2, 0.25) is 0 Å². The Morgan fingerprint density at radius 1 is 1.04 bits per heavy atom. The van der Waals surface area contributed by atoms with Crippen LogP contribution in [0.3, 0.4) is 0 Å². The molecule has 1 aliphatic rings. The number of aryl methyl sites for hydroxylation is 1. The van der Waals surface area contributed by atoms with Gasteiger partial charge in [-0.1, -0.05) is 48.5 Å². The van der Waals surface area contributed by atoms with E-state index in [1.807, 2.05) is 43.3 Å². The Balaban J connectivity index is 1.58. The largest absolute Gasteiger partial charge is 0.271 e. The van der Waals surface area contributed by atoms with E-state index >= 15 is 0 Å². The van der Waals surface area contributed by atoms with Crippen LogP contribution in [0.15, 0.2) is 70.7 Å². The Morgan fingerprint density at radius 2 is 1.75 bits per heavy atom. The van der Waals surface area contributed by atoms with E-state index in [0.717, 1.165) is 20.8 Å². The smallest absolute Gasteiger partial charge is 0.265 e. The van der Waals surface area contributed by atoms with Gasteiger partial charge in [-0.05, 0) is 36.9 Å². The van der Waals surface area contributed by atoms with Gasteiger partial charge < -0.3 is 0 Å². The van der Waals surface area contributed by atoms with Gasteiger partial charge in [0.2, 0.25) is 0 Å². The summed E-state index contributed by atoms with van der Waals surface area (Å²) in [4.78, 5) is 12.7. The number of nitrogens with zero attached hydrogens (tertiary/aromatic N) is 2. The van der Waals surface area contributed by atoms with E-state index in [2.05, 4.69) is 10.5 Å². The van der Waals surface area contributed by atoms with Crippen LogP contribution in [0.25, 0.3) is 10.8 Å². The molecular weight excluding hydrogens is 374 g/mol. The van der Waals surface area contributed by atoms with Crippen molar-refractivity contribution in [3.63, 3.8) is 0 Å². The first kappa shape index (κ1) is 18.2. The lowest BCUT2D eigenvalue weighted by atomic mass is 10.1. The highest BCUT2D eigenvalue weighted by Crippen LogP contribution is 2.41. The summed E-state index contributed by atoms with van der Waals surface area (Å²) >= 11 is 0. The molecule has 6 nitrogen and oxygen atoms in total. The first-order valence-electron chi connectivity index (χ1n) is 8.83. The van der Waals surface area contributed by atoms with Crippen molar-refractivity contribution in [3.8, 4) is 0 Å². The van der Waals surface area contributed by atoms with Gasteiger partial charge in [0.25, 0.3) is 15.9 Å². The van der Waals surface area contributed by atoms with E-state index in [-0.39, 0.29) is 11.4 Å². The lowest BCUT2D eigenvalue weighted by Gasteiger charge is -2.17. The van der Waals surface area contributed by atoms with Crippen molar-refractivity contribution in [2.24, 2.45) is 5.10 Å². The maximum atomic E-state index is 12.9. The van der Waals surface area contributed by atoms with Crippen molar-refractivity contribution < 1.29 is 13.2 Å². The molecule has 0 fully saturated rings. The number of nitrogens with one attached hydrogen (secondary N) is 1. The number of anilines is 1. The molecule has 1 heterocycles. The number of carbonyl (C=O) groups excluding carboxylic acids is 1. The third-order valence-corrected chi connectivity index (χ3v) is 6.65. The number of rotatable bonds is 4. The van der Waals surface area contributed by atoms with E-state index < -0.39 is 15.9 Å². The monoisotopic (exact) mass is 393 g/mol. The summed E-state index contributed by atoms with van der Waals surface area (Å²) < 4.78 is 27.0. The SMILES string of the molecule is C/C(=N/NC(=O)CN1c2cccc3cccc(c23)S1(=O)=O)c1ccccc1C. The predicted molar refractivity (Wildman–Crippen MR) is 110 cm³/mol. The highest BCUT2D eigenvalue weighted by atomic mass is 32.2. The molecule has 1 N–H and O–H groups in total. The van der Waals surface area contributed by atoms with Gasteiger partial charge in [0.15, 0.2) is 0 Å². The average Bonchev–Trinajstić information content (AvgIpc) is 2.90. The number of benzene rings is 3. The fourth-order valence-corrected chi connectivity index (χ4v) is 5.15. The van der Waals surface area contributed by atoms with Gasteiger partial charge in [0, 0.05) is 10.9 Å². The van der Waals surface area contributed by atoms with E-state index in [0.29, 0.717) is 16.8 Å². The van der Waals surface area contributed by atoms with Crippen LogP contribution < -0.4 is 9.73 Å². The fraction of sp³-hybridized carbons (Fsp3) is 0.143. The maximum Gasteiger partial charge on any atom is 0.265 e. The zero-order valence-corrected chi connectivity index (χ0v) is 16.3. The second-order valence-electron chi connectivity index (χ2n) is 6.69. The minimum atomic E-state index is -3.77. The van der Waals surface area contributed by atoms with Crippen LogP contribution in [0.4, 0.5) is 5.69 Å². The molecule has 142 valence electrons. The average molecular weight is 393 g/mol. The summed E-state index contributed by atoms with van der Waals surface area (Å²) in [5.74, 6) is -0.499.